The first-order chi connectivity index (χ1) is 4.88. The maximum Gasteiger partial charge on any atom is 0.0388 e. The van der Waals surface area contributed by atoms with Gasteiger partial charge in [0.25, 0.3) is 0 Å². The van der Waals surface area contributed by atoms with Crippen molar-refractivity contribution in [2.75, 3.05) is 0 Å². The number of allylic oxidation sites excluding steroid dienone is 1. The minimum Gasteiger partial charge on any atom is -0.0800 e. The zero-order valence-corrected chi connectivity index (χ0v) is 7.54. The van der Waals surface area contributed by atoms with E-state index in [-0.39, 0.29) is 18.9 Å². The van der Waals surface area contributed by atoms with Crippen LogP contribution < -0.4 is 0 Å². The molecule has 0 bridgehead atoms. The molecule has 0 saturated heterocycles. The Balaban J connectivity index is 0.000000605. The van der Waals surface area contributed by atoms with Crippen LogP contribution in [0, 0.1) is 0 Å². The van der Waals surface area contributed by atoms with E-state index in [9.17, 15) is 0 Å². The number of rotatable bonds is 0. The molecule has 0 N–H and O–H groups in total. The molecule has 48 valence electrons. The maximum absolute atomic E-state index is 3.60. The van der Waals surface area contributed by atoms with Crippen molar-refractivity contribution in [1.82, 2.24) is 0 Å². The predicted octanol–water partition coefficient (Wildman–Crippen LogP) is 1.54. The molecule has 0 nitrogen and oxygen atoms in total. The zero-order valence-electron chi connectivity index (χ0n) is 6.54. The summed E-state index contributed by atoms with van der Waals surface area (Å²) < 4.78 is 0. The molecule has 0 heterocycles. The Morgan fingerprint density at radius 2 is 1.91 bits per heavy atom. The molecule has 1 aromatic carbocycles. The van der Waals surface area contributed by atoms with Gasteiger partial charge in [-0.05, 0) is 16.7 Å². The minimum atomic E-state index is 0. The van der Waals surface area contributed by atoms with Gasteiger partial charge in [0.1, 0.15) is 0 Å². The maximum atomic E-state index is 3.60. The van der Waals surface area contributed by atoms with Crippen molar-refractivity contribution in [2.45, 2.75) is 5.54 Å². The van der Waals surface area contributed by atoms with E-state index in [1.165, 1.54) is 11.1 Å². The Hall–Kier alpha value is -0.226. The van der Waals surface area contributed by atoms with Crippen molar-refractivity contribution < 1.29 is 0 Å². The van der Waals surface area contributed by atoms with Gasteiger partial charge in [0.2, 0.25) is 0 Å². The van der Waals surface area contributed by atoms with Crippen LogP contribution in [0.3, 0.4) is 0 Å². The van der Waals surface area contributed by atoms with Crippen LogP contribution >= 0.6 is 0 Å². The largest absolute Gasteiger partial charge is 0.0800 e. The Morgan fingerprint density at radius 3 is 2.64 bits per heavy atom. The SMILES string of the molecule is [Li].[Si]C1C=Cc2ccccc21. The van der Waals surface area contributed by atoms with Gasteiger partial charge in [-0.15, -0.1) is 0 Å². The van der Waals surface area contributed by atoms with Crippen molar-refractivity contribution in [3.05, 3.63) is 41.5 Å². The fourth-order valence-electron chi connectivity index (χ4n) is 1.25. The molecular weight excluding hydrogens is 143 g/mol. The fourth-order valence-corrected chi connectivity index (χ4v) is 1.61. The van der Waals surface area contributed by atoms with Crippen molar-refractivity contribution in [3.63, 3.8) is 0 Å². The molecular formula is C9H7LiSi. The molecule has 4 radical (unpaired) electrons. The van der Waals surface area contributed by atoms with Gasteiger partial charge >= 0.3 is 0 Å². The number of fused-ring (bicyclic) bond motifs is 1. The number of benzene rings is 1. The second-order valence-electron chi connectivity index (χ2n) is 2.47. The van der Waals surface area contributed by atoms with E-state index in [0.29, 0.717) is 5.54 Å². The smallest absolute Gasteiger partial charge is 0.0388 e. The summed E-state index contributed by atoms with van der Waals surface area (Å²) >= 11 is 0. The van der Waals surface area contributed by atoms with Gasteiger partial charge in [-0.25, -0.2) is 0 Å². The average Bonchev–Trinajstić information content (AvgIpc) is 2.34. The molecule has 0 saturated carbocycles. The molecule has 2 rings (SSSR count). The van der Waals surface area contributed by atoms with Crippen molar-refractivity contribution in [3.8, 4) is 0 Å². The Morgan fingerprint density at radius 1 is 1.18 bits per heavy atom. The predicted molar refractivity (Wildman–Crippen MR) is 49.7 cm³/mol. The second-order valence-corrected chi connectivity index (χ2v) is 3.09. The Labute approximate surface area is 82.3 Å². The molecule has 1 aromatic rings. The summed E-state index contributed by atoms with van der Waals surface area (Å²) in [6, 6.07) is 8.41. The molecule has 1 atom stereocenters. The van der Waals surface area contributed by atoms with Crippen LogP contribution in [0.15, 0.2) is 30.3 Å². The van der Waals surface area contributed by atoms with Gasteiger partial charge in [-0.3, -0.25) is 0 Å². The van der Waals surface area contributed by atoms with Crippen LogP contribution in [-0.4, -0.2) is 29.1 Å². The van der Waals surface area contributed by atoms with Gasteiger partial charge in [-0.1, -0.05) is 36.4 Å². The van der Waals surface area contributed by atoms with Crippen LogP contribution in [0.4, 0.5) is 0 Å². The van der Waals surface area contributed by atoms with E-state index >= 15 is 0 Å². The summed E-state index contributed by atoms with van der Waals surface area (Å²) in [4.78, 5) is 0. The summed E-state index contributed by atoms with van der Waals surface area (Å²) in [6.07, 6.45) is 4.30. The average molecular weight is 150 g/mol. The first kappa shape index (κ1) is 8.87. The summed E-state index contributed by atoms with van der Waals surface area (Å²) in [5.41, 5.74) is 3.14. The third-order valence-corrected chi connectivity index (χ3v) is 2.30. The first-order valence-corrected chi connectivity index (χ1v) is 3.94. The molecule has 1 aliphatic carbocycles. The molecule has 1 aliphatic rings. The van der Waals surface area contributed by atoms with E-state index in [4.69, 9.17) is 0 Å². The third kappa shape index (κ3) is 1.51. The van der Waals surface area contributed by atoms with E-state index in [1.54, 1.807) is 0 Å². The van der Waals surface area contributed by atoms with Crippen LogP contribution in [0.25, 0.3) is 6.08 Å². The van der Waals surface area contributed by atoms with Gasteiger partial charge in [0.15, 0.2) is 0 Å². The van der Waals surface area contributed by atoms with Crippen LogP contribution in [0.2, 0.25) is 0 Å². The molecule has 0 amide bonds. The van der Waals surface area contributed by atoms with Gasteiger partial charge in [0, 0.05) is 29.1 Å². The second kappa shape index (κ2) is 3.45. The molecule has 0 spiro atoms. The fraction of sp³-hybridized carbons (Fsp3) is 0.111. The van der Waals surface area contributed by atoms with Gasteiger partial charge in [0.05, 0.1) is 0 Å². The molecule has 2 heteroatoms. The Bertz CT molecular complexity index is 281. The van der Waals surface area contributed by atoms with Gasteiger partial charge in [-0.2, -0.15) is 0 Å². The van der Waals surface area contributed by atoms with E-state index in [1.807, 2.05) is 0 Å². The summed E-state index contributed by atoms with van der Waals surface area (Å²) in [5, 5.41) is 0. The quantitative estimate of drug-likeness (QED) is 0.492. The van der Waals surface area contributed by atoms with E-state index in [0.717, 1.165) is 0 Å². The van der Waals surface area contributed by atoms with Crippen molar-refractivity contribution >= 4 is 35.2 Å². The molecule has 0 aromatic heterocycles. The van der Waals surface area contributed by atoms with E-state index in [2.05, 4.69) is 46.7 Å². The van der Waals surface area contributed by atoms with Crippen molar-refractivity contribution in [1.29, 1.82) is 0 Å². The summed E-state index contributed by atoms with van der Waals surface area (Å²) in [7, 11) is 3.60. The van der Waals surface area contributed by atoms with Crippen LogP contribution in [-0.2, 0) is 0 Å². The standard InChI is InChI=1S/C9H7Si.Li/c10-9-6-5-7-3-1-2-4-8(7)9;/h1-6,9H;. The molecule has 0 aliphatic heterocycles. The van der Waals surface area contributed by atoms with Gasteiger partial charge < -0.3 is 0 Å². The van der Waals surface area contributed by atoms with Crippen LogP contribution in [0.5, 0.6) is 0 Å². The minimum absolute atomic E-state index is 0. The first-order valence-electron chi connectivity index (χ1n) is 3.36. The molecule has 1 unspecified atom stereocenters. The number of hydrogen-bond donors (Lipinski definition) is 0. The van der Waals surface area contributed by atoms with Crippen LogP contribution in [0.1, 0.15) is 16.7 Å². The van der Waals surface area contributed by atoms with E-state index < -0.39 is 0 Å². The summed E-state index contributed by atoms with van der Waals surface area (Å²) in [5.74, 6) is 0. The Kier molecular flexibility index (Phi) is 2.78. The monoisotopic (exact) mass is 150 g/mol. The summed E-state index contributed by atoms with van der Waals surface area (Å²) in [6.45, 7) is 0. The number of hydrogen-bond acceptors (Lipinski definition) is 0. The topological polar surface area (TPSA) is 0 Å². The third-order valence-electron chi connectivity index (χ3n) is 1.80. The van der Waals surface area contributed by atoms with Crippen molar-refractivity contribution in [2.24, 2.45) is 0 Å². The zero-order chi connectivity index (χ0) is 6.97. The molecule has 0 fully saturated rings. The molecule has 11 heavy (non-hydrogen) atoms. The normalized spacial score (nSPS) is 19.2.